The second kappa shape index (κ2) is 8.25. The quantitative estimate of drug-likeness (QED) is 0.742. The van der Waals surface area contributed by atoms with E-state index in [9.17, 15) is 4.21 Å². The van der Waals surface area contributed by atoms with Crippen molar-refractivity contribution in [1.29, 1.82) is 0 Å². The highest BCUT2D eigenvalue weighted by Gasteiger charge is 2.30. The molecule has 4 unspecified atom stereocenters. The average Bonchev–Trinajstić information content (AvgIpc) is 2.59. The molecule has 0 aromatic carbocycles. The van der Waals surface area contributed by atoms with Crippen LogP contribution in [0.4, 0.5) is 0 Å². The zero-order valence-corrected chi connectivity index (χ0v) is 12.5. The first-order valence-electron chi connectivity index (χ1n) is 7.33. The van der Waals surface area contributed by atoms with Gasteiger partial charge in [-0.3, -0.25) is 4.21 Å². The minimum absolute atomic E-state index is 0.351. The van der Waals surface area contributed by atoms with E-state index in [1.54, 1.807) is 0 Å². The highest BCUT2D eigenvalue weighted by atomic mass is 32.2. The third-order valence-corrected chi connectivity index (χ3v) is 6.17. The Morgan fingerprint density at radius 3 is 2.59 bits per heavy atom. The Balaban J connectivity index is 2.63. The van der Waals surface area contributed by atoms with E-state index in [4.69, 9.17) is 0 Å². The van der Waals surface area contributed by atoms with Gasteiger partial charge in [-0.1, -0.05) is 40.0 Å². The second-order valence-electron chi connectivity index (χ2n) is 5.28. The molecular weight excluding hydrogens is 230 g/mol. The molecule has 1 fully saturated rings. The number of hydrogen-bond donors (Lipinski definition) is 1. The van der Waals surface area contributed by atoms with E-state index in [2.05, 4.69) is 26.1 Å². The van der Waals surface area contributed by atoms with Gasteiger partial charge in [0.25, 0.3) is 0 Å². The molecule has 1 aliphatic carbocycles. The highest BCUT2D eigenvalue weighted by molar-refractivity contribution is 7.86. The molecule has 4 atom stereocenters. The van der Waals surface area contributed by atoms with Crippen LogP contribution in [0.3, 0.4) is 0 Å². The van der Waals surface area contributed by atoms with Crippen LogP contribution < -0.4 is 5.32 Å². The predicted molar refractivity (Wildman–Crippen MR) is 76.9 cm³/mol. The maximum Gasteiger partial charge on any atom is 0.0503 e. The standard InChI is InChI=1S/C14H29NOS/c1-4-11-15-13-9-7-6-8-10-14(13)17(16)12(3)5-2/h12-15H,4-11H2,1-3H3. The van der Waals surface area contributed by atoms with Crippen molar-refractivity contribution in [3.63, 3.8) is 0 Å². The summed E-state index contributed by atoms with van der Waals surface area (Å²) in [5.41, 5.74) is 0. The molecular formula is C14H29NOS. The molecule has 0 aromatic rings. The molecule has 1 saturated carbocycles. The summed E-state index contributed by atoms with van der Waals surface area (Å²) in [6.45, 7) is 7.55. The fourth-order valence-electron chi connectivity index (χ4n) is 2.58. The summed E-state index contributed by atoms with van der Waals surface area (Å²) in [7, 11) is -0.658. The minimum atomic E-state index is -0.658. The second-order valence-corrected chi connectivity index (χ2v) is 7.35. The molecule has 1 aliphatic rings. The van der Waals surface area contributed by atoms with E-state index in [0.29, 0.717) is 16.5 Å². The minimum Gasteiger partial charge on any atom is -0.313 e. The smallest absolute Gasteiger partial charge is 0.0503 e. The summed E-state index contributed by atoms with van der Waals surface area (Å²) in [6, 6.07) is 0.493. The molecule has 1 rings (SSSR count). The molecule has 1 N–H and O–H groups in total. The first-order valence-corrected chi connectivity index (χ1v) is 8.61. The summed E-state index contributed by atoms with van der Waals surface area (Å²) < 4.78 is 12.5. The van der Waals surface area contributed by atoms with E-state index in [0.717, 1.165) is 19.4 Å². The number of nitrogens with one attached hydrogen (secondary N) is 1. The summed E-state index contributed by atoms with van der Waals surface area (Å²) >= 11 is 0. The van der Waals surface area contributed by atoms with Gasteiger partial charge in [0.1, 0.15) is 0 Å². The monoisotopic (exact) mass is 259 g/mol. The van der Waals surface area contributed by atoms with Crippen LogP contribution in [-0.4, -0.2) is 27.3 Å². The van der Waals surface area contributed by atoms with Crippen LogP contribution in [0, 0.1) is 0 Å². The lowest BCUT2D eigenvalue weighted by molar-refractivity contribution is 0.461. The highest BCUT2D eigenvalue weighted by Crippen LogP contribution is 2.24. The van der Waals surface area contributed by atoms with Gasteiger partial charge in [-0.2, -0.15) is 0 Å². The zero-order valence-electron chi connectivity index (χ0n) is 11.7. The van der Waals surface area contributed by atoms with E-state index in [1.807, 2.05) is 0 Å². The summed E-state index contributed by atoms with van der Waals surface area (Å²) in [4.78, 5) is 0. The van der Waals surface area contributed by atoms with Crippen molar-refractivity contribution >= 4 is 10.8 Å². The fourth-order valence-corrected chi connectivity index (χ4v) is 4.46. The van der Waals surface area contributed by atoms with Crippen molar-refractivity contribution in [3.8, 4) is 0 Å². The van der Waals surface area contributed by atoms with E-state index >= 15 is 0 Å². The molecule has 0 amide bonds. The Kier molecular flexibility index (Phi) is 7.36. The predicted octanol–water partition coefficient (Wildman–Crippen LogP) is 3.23. The van der Waals surface area contributed by atoms with Crippen molar-refractivity contribution in [3.05, 3.63) is 0 Å². The Bertz CT molecular complexity index is 232. The molecule has 0 bridgehead atoms. The van der Waals surface area contributed by atoms with Crippen LogP contribution in [0.1, 0.15) is 65.7 Å². The molecule has 0 heterocycles. The van der Waals surface area contributed by atoms with Crippen LogP contribution in [0.2, 0.25) is 0 Å². The third kappa shape index (κ3) is 4.70. The van der Waals surface area contributed by atoms with Crippen LogP contribution in [-0.2, 0) is 10.8 Å². The zero-order chi connectivity index (χ0) is 12.7. The Morgan fingerprint density at radius 2 is 1.94 bits per heavy atom. The van der Waals surface area contributed by atoms with E-state index in [-0.39, 0.29) is 0 Å². The van der Waals surface area contributed by atoms with E-state index < -0.39 is 10.8 Å². The first kappa shape index (κ1) is 15.2. The van der Waals surface area contributed by atoms with Gasteiger partial charge >= 0.3 is 0 Å². The summed E-state index contributed by atoms with van der Waals surface area (Å²) in [5, 5.41) is 4.37. The topological polar surface area (TPSA) is 29.1 Å². The van der Waals surface area contributed by atoms with Gasteiger partial charge < -0.3 is 5.32 Å². The maximum atomic E-state index is 12.5. The van der Waals surface area contributed by atoms with E-state index in [1.165, 1.54) is 32.1 Å². The van der Waals surface area contributed by atoms with Crippen molar-refractivity contribution in [2.24, 2.45) is 0 Å². The van der Waals surface area contributed by atoms with Crippen LogP contribution in [0.25, 0.3) is 0 Å². The number of rotatable bonds is 6. The van der Waals surface area contributed by atoms with Gasteiger partial charge in [0.15, 0.2) is 0 Å². The average molecular weight is 259 g/mol. The van der Waals surface area contributed by atoms with Crippen LogP contribution in [0.5, 0.6) is 0 Å². The number of hydrogen-bond acceptors (Lipinski definition) is 2. The molecule has 3 heteroatoms. The van der Waals surface area contributed by atoms with Crippen molar-refractivity contribution < 1.29 is 4.21 Å². The molecule has 0 spiro atoms. The van der Waals surface area contributed by atoms with Gasteiger partial charge in [0, 0.05) is 22.1 Å². The molecule has 0 aromatic heterocycles. The van der Waals surface area contributed by atoms with Gasteiger partial charge in [0.2, 0.25) is 0 Å². The molecule has 0 aliphatic heterocycles. The summed E-state index contributed by atoms with van der Waals surface area (Å²) in [5.74, 6) is 0. The fraction of sp³-hybridized carbons (Fsp3) is 1.00. The van der Waals surface area contributed by atoms with Crippen molar-refractivity contribution in [2.75, 3.05) is 6.54 Å². The van der Waals surface area contributed by atoms with Gasteiger partial charge in [0.05, 0.1) is 5.25 Å². The molecule has 102 valence electrons. The third-order valence-electron chi connectivity index (χ3n) is 3.88. The largest absolute Gasteiger partial charge is 0.313 e. The van der Waals surface area contributed by atoms with Gasteiger partial charge in [-0.05, 0) is 32.2 Å². The molecule has 0 saturated heterocycles. The molecule has 2 nitrogen and oxygen atoms in total. The SMILES string of the molecule is CCCNC1CCCCCC1S(=O)C(C)CC. The van der Waals surface area contributed by atoms with Crippen molar-refractivity contribution in [1.82, 2.24) is 5.32 Å². The van der Waals surface area contributed by atoms with Gasteiger partial charge in [-0.15, -0.1) is 0 Å². The van der Waals surface area contributed by atoms with Crippen LogP contribution >= 0.6 is 0 Å². The Morgan fingerprint density at radius 1 is 1.24 bits per heavy atom. The lowest BCUT2D eigenvalue weighted by atomic mass is 10.1. The Labute approximate surface area is 109 Å². The molecule has 0 radical (unpaired) electrons. The maximum absolute atomic E-state index is 12.5. The van der Waals surface area contributed by atoms with Crippen molar-refractivity contribution in [2.45, 2.75) is 82.3 Å². The lowest BCUT2D eigenvalue weighted by Crippen LogP contribution is -2.43. The lowest BCUT2D eigenvalue weighted by Gasteiger charge is -2.27. The Hall–Kier alpha value is 0.110. The summed E-state index contributed by atoms with van der Waals surface area (Å²) in [6.07, 6.45) is 8.44. The first-order chi connectivity index (χ1) is 8.20. The normalized spacial score (nSPS) is 29.6. The van der Waals surface area contributed by atoms with Crippen LogP contribution in [0.15, 0.2) is 0 Å². The van der Waals surface area contributed by atoms with Gasteiger partial charge in [-0.25, -0.2) is 0 Å². The molecule has 17 heavy (non-hydrogen) atoms.